The molecule has 2 fully saturated rings. The van der Waals surface area contributed by atoms with Crippen molar-refractivity contribution in [3.63, 3.8) is 0 Å². The molecule has 2 N–H and O–H groups in total. The highest BCUT2D eigenvalue weighted by Crippen LogP contribution is 2.33. The lowest BCUT2D eigenvalue weighted by Gasteiger charge is -2.29. The molecule has 0 atom stereocenters. The molecule has 1 aromatic heterocycles. The molecule has 1 aliphatic carbocycles. The Morgan fingerprint density at radius 2 is 1.95 bits per heavy atom. The third kappa shape index (κ3) is 2.20. The maximum atomic E-state index is 4.64. The average Bonchev–Trinajstić information content (AvgIpc) is 3.32. The van der Waals surface area contributed by atoms with Gasteiger partial charge in [-0.15, -0.1) is 0 Å². The molecule has 4 nitrogen and oxygen atoms in total. The zero-order valence-electron chi connectivity index (χ0n) is 11.6. The molecule has 0 amide bonds. The Balaban J connectivity index is 1.76. The van der Waals surface area contributed by atoms with Crippen molar-refractivity contribution in [3.05, 3.63) is 30.5 Å². The second-order valence-electron chi connectivity index (χ2n) is 5.69. The summed E-state index contributed by atoms with van der Waals surface area (Å²) in [5, 5.41) is 9.59. The van der Waals surface area contributed by atoms with Crippen LogP contribution in [-0.2, 0) is 0 Å². The molecule has 2 aliphatic rings. The van der Waals surface area contributed by atoms with Crippen LogP contribution in [-0.4, -0.2) is 37.2 Å². The second-order valence-corrected chi connectivity index (χ2v) is 5.69. The molecule has 0 spiro atoms. The van der Waals surface area contributed by atoms with Crippen molar-refractivity contribution in [1.29, 1.82) is 0 Å². The number of piperazine rings is 1. The minimum absolute atomic E-state index is 0.677. The lowest BCUT2D eigenvalue weighted by atomic mass is 10.1. The standard InChI is InChI=1S/C16H20N4/c1-2-14-13(15(3-1)19-12-4-5-12)6-7-18-16(14)20-10-8-17-9-11-20/h1-3,6-7,12,17,19H,4-5,8-11H2. The Morgan fingerprint density at radius 1 is 1.10 bits per heavy atom. The molecule has 0 bridgehead atoms. The zero-order chi connectivity index (χ0) is 13.4. The van der Waals surface area contributed by atoms with Crippen LogP contribution >= 0.6 is 0 Å². The zero-order valence-corrected chi connectivity index (χ0v) is 11.6. The van der Waals surface area contributed by atoms with E-state index in [1.165, 1.54) is 29.3 Å². The third-order valence-corrected chi connectivity index (χ3v) is 4.14. The van der Waals surface area contributed by atoms with Gasteiger partial charge >= 0.3 is 0 Å². The van der Waals surface area contributed by atoms with Gasteiger partial charge in [0.05, 0.1) is 0 Å². The van der Waals surface area contributed by atoms with Gasteiger partial charge in [0.25, 0.3) is 0 Å². The van der Waals surface area contributed by atoms with Gasteiger partial charge in [0.15, 0.2) is 0 Å². The topological polar surface area (TPSA) is 40.2 Å². The predicted octanol–water partition coefficient (Wildman–Crippen LogP) is 2.22. The van der Waals surface area contributed by atoms with Gasteiger partial charge in [-0.1, -0.05) is 12.1 Å². The number of nitrogens with one attached hydrogen (secondary N) is 2. The minimum Gasteiger partial charge on any atom is -0.382 e. The molecule has 1 saturated heterocycles. The van der Waals surface area contributed by atoms with Gasteiger partial charge in [-0.25, -0.2) is 4.98 Å². The number of anilines is 2. The average molecular weight is 268 g/mol. The highest BCUT2D eigenvalue weighted by molar-refractivity contribution is 6.00. The molecule has 4 heteroatoms. The van der Waals surface area contributed by atoms with Gasteiger partial charge < -0.3 is 15.5 Å². The van der Waals surface area contributed by atoms with Crippen LogP contribution in [0, 0.1) is 0 Å². The van der Waals surface area contributed by atoms with E-state index in [2.05, 4.69) is 44.8 Å². The summed E-state index contributed by atoms with van der Waals surface area (Å²) in [5.41, 5.74) is 1.25. The van der Waals surface area contributed by atoms with E-state index in [1.54, 1.807) is 0 Å². The fourth-order valence-corrected chi connectivity index (χ4v) is 2.89. The number of fused-ring (bicyclic) bond motifs is 1. The third-order valence-electron chi connectivity index (χ3n) is 4.14. The van der Waals surface area contributed by atoms with E-state index < -0.39 is 0 Å². The molecular weight excluding hydrogens is 248 g/mol. The molecular formula is C16H20N4. The largest absolute Gasteiger partial charge is 0.382 e. The molecule has 104 valence electrons. The highest BCUT2D eigenvalue weighted by Gasteiger charge is 2.22. The van der Waals surface area contributed by atoms with Crippen molar-refractivity contribution < 1.29 is 0 Å². The van der Waals surface area contributed by atoms with Gasteiger partial charge in [0.1, 0.15) is 5.82 Å². The summed E-state index contributed by atoms with van der Waals surface area (Å²) in [5.74, 6) is 1.13. The SMILES string of the molecule is c1cc(NC2CC2)c2ccnc(N3CCNCC3)c2c1. The quantitative estimate of drug-likeness (QED) is 0.895. The van der Waals surface area contributed by atoms with Gasteiger partial charge in [0, 0.05) is 54.9 Å². The van der Waals surface area contributed by atoms with E-state index in [4.69, 9.17) is 0 Å². The van der Waals surface area contributed by atoms with Gasteiger partial charge in [-0.2, -0.15) is 0 Å². The van der Waals surface area contributed by atoms with Gasteiger partial charge in [0.2, 0.25) is 0 Å². The first-order chi connectivity index (χ1) is 9.92. The van der Waals surface area contributed by atoms with E-state index >= 15 is 0 Å². The normalized spacial score (nSPS) is 19.3. The summed E-state index contributed by atoms with van der Waals surface area (Å²) in [4.78, 5) is 7.03. The van der Waals surface area contributed by atoms with E-state index in [1.807, 2.05) is 6.20 Å². The Morgan fingerprint density at radius 3 is 2.75 bits per heavy atom. The maximum absolute atomic E-state index is 4.64. The molecule has 1 saturated carbocycles. The van der Waals surface area contributed by atoms with E-state index in [9.17, 15) is 0 Å². The molecule has 2 aromatic rings. The summed E-state index contributed by atoms with van der Waals surface area (Å²) in [6.45, 7) is 4.15. The summed E-state index contributed by atoms with van der Waals surface area (Å²) < 4.78 is 0. The summed E-state index contributed by atoms with van der Waals surface area (Å²) in [6, 6.07) is 9.32. The van der Waals surface area contributed by atoms with Crippen LogP contribution in [0.1, 0.15) is 12.8 Å². The van der Waals surface area contributed by atoms with Crippen molar-refractivity contribution in [2.75, 3.05) is 36.4 Å². The van der Waals surface area contributed by atoms with Gasteiger partial charge in [-0.3, -0.25) is 0 Å². The molecule has 2 heterocycles. The lowest BCUT2D eigenvalue weighted by molar-refractivity contribution is 0.586. The van der Waals surface area contributed by atoms with Crippen LogP contribution in [0.25, 0.3) is 10.8 Å². The minimum atomic E-state index is 0.677. The van der Waals surface area contributed by atoms with Crippen molar-refractivity contribution in [2.24, 2.45) is 0 Å². The monoisotopic (exact) mass is 268 g/mol. The van der Waals surface area contributed by atoms with Crippen LogP contribution in [0.4, 0.5) is 11.5 Å². The molecule has 1 aromatic carbocycles. The fraction of sp³-hybridized carbons (Fsp3) is 0.438. The Labute approximate surface area is 119 Å². The number of rotatable bonds is 3. The van der Waals surface area contributed by atoms with E-state index in [0.717, 1.165) is 32.0 Å². The number of nitrogens with zero attached hydrogens (tertiary/aromatic N) is 2. The summed E-state index contributed by atoms with van der Waals surface area (Å²) in [7, 11) is 0. The Kier molecular flexibility index (Phi) is 2.96. The van der Waals surface area contributed by atoms with Crippen LogP contribution in [0.2, 0.25) is 0 Å². The number of hydrogen-bond donors (Lipinski definition) is 2. The van der Waals surface area contributed by atoms with Crippen molar-refractivity contribution in [3.8, 4) is 0 Å². The first-order valence-corrected chi connectivity index (χ1v) is 7.52. The number of benzene rings is 1. The van der Waals surface area contributed by atoms with Crippen molar-refractivity contribution >= 4 is 22.3 Å². The van der Waals surface area contributed by atoms with E-state index in [-0.39, 0.29) is 0 Å². The lowest BCUT2D eigenvalue weighted by Crippen LogP contribution is -2.43. The molecule has 1 aliphatic heterocycles. The van der Waals surface area contributed by atoms with Crippen LogP contribution in [0.3, 0.4) is 0 Å². The molecule has 0 radical (unpaired) electrons. The van der Waals surface area contributed by atoms with Crippen molar-refractivity contribution in [1.82, 2.24) is 10.3 Å². The predicted molar refractivity (Wildman–Crippen MR) is 83.5 cm³/mol. The molecule has 0 unspecified atom stereocenters. The number of hydrogen-bond acceptors (Lipinski definition) is 4. The number of pyridine rings is 1. The van der Waals surface area contributed by atoms with Crippen LogP contribution in [0.5, 0.6) is 0 Å². The maximum Gasteiger partial charge on any atom is 0.136 e. The smallest absolute Gasteiger partial charge is 0.136 e. The fourth-order valence-electron chi connectivity index (χ4n) is 2.89. The molecule has 20 heavy (non-hydrogen) atoms. The Bertz CT molecular complexity index is 615. The van der Waals surface area contributed by atoms with E-state index in [0.29, 0.717) is 6.04 Å². The van der Waals surface area contributed by atoms with Crippen molar-refractivity contribution in [2.45, 2.75) is 18.9 Å². The number of aromatic nitrogens is 1. The highest BCUT2D eigenvalue weighted by atomic mass is 15.2. The summed E-state index contributed by atoms with van der Waals surface area (Å²) >= 11 is 0. The first kappa shape index (κ1) is 12.0. The molecule has 4 rings (SSSR count). The Hall–Kier alpha value is -1.81. The summed E-state index contributed by atoms with van der Waals surface area (Å²) in [6.07, 6.45) is 4.54. The van der Waals surface area contributed by atoms with Gasteiger partial charge in [-0.05, 0) is 25.0 Å². The first-order valence-electron chi connectivity index (χ1n) is 7.52. The second kappa shape index (κ2) is 4.94. The van der Waals surface area contributed by atoms with Crippen LogP contribution < -0.4 is 15.5 Å². The van der Waals surface area contributed by atoms with Crippen LogP contribution in [0.15, 0.2) is 30.5 Å².